The number of imidazole rings is 1. The largest absolute Gasteiger partial charge is 0.485 e. The van der Waals surface area contributed by atoms with E-state index < -0.39 is 0 Å². The van der Waals surface area contributed by atoms with Gasteiger partial charge in [-0.05, 0) is 43.9 Å². The number of para-hydroxylation sites is 2. The summed E-state index contributed by atoms with van der Waals surface area (Å²) in [7, 11) is 4.15. The predicted molar refractivity (Wildman–Crippen MR) is 111 cm³/mol. The summed E-state index contributed by atoms with van der Waals surface area (Å²) < 4.78 is 14.5. The van der Waals surface area contributed by atoms with E-state index in [-0.39, 0.29) is 6.10 Å². The number of nitrogens with zero attached hydrogens (tertiary/aromatic N) is 4. The molecule has 0 saturated heterocycles. The molecule has 0 spiro atoms. The van der Waals surface area contributed by atoms with Gasteiger partial charge in [0.1, 0.15) is 6.61 Å². The van der Waals surface area contributed by atoms with Crippen LogP contribution >= 0.6 is 0 Å². The molecule has 0 saturated carbocycles. The number of hydrogen-bond acceptors (Lipinski definition) is 5. The second-order valence-electron chi connectivity index (χ2n) is 7.48. The Morgan fingerprint density at radius 1 is 1.14 bits per heavy atom. The van der Waals surface area contributed by atoms with Gasteiger partial charge < -0.3 is 18.9 Å². The lowest BCUT2D eigenvalue weighted by molar-refractivity contribution is 0.0825. The lowest BCUT2D eigenvalue weighted by Crippen LogP contribution is -2.26. The van der Waals surface area contributed by atoms with Gasteiger partial charge in [-0.3, -0.25) is 5.10 Å². The monoisotopic (exact) mass is 389 g/mol. The number of aromatic nitrogens is 4. The van der Waals surface area contributed by atoms with Crippen molar-refractivity contribution in [1.82, 2.24) is 24.6 Å². The van der Waals surface area contributed by atoms with E-state index in [1.54, 1.807) is 0 Å². The molecule has 29 heavy (non-hydrogen) atoms. The maximum atomic E-state index is 6.26. The first-order chi connectivity index (χ1) is 14.2. The van der Waals surface area contributed by atoms with Crippen molar-refractivity contribution in [2.24, 2.45) is 0 Å². The SMILES string of the molecule is CN(C)CCn1c([C@@H]2COc3ccccc3O2)nc2ccc(-c3cn[nH]c3)cc21. The smallest absolute Gasteiger partial charge is 0.190 e. The Morgan fingerprint density at radius 3 is 2.79 bits per heavy atom. The van der Waals surface area contributed by atoms with Crippen LogP contribution in [0.4, 0.5) is 0 Å². The first kappa shape index (κ1) is 17.8. The number of benzene rings is 2. The number of aromatic amines is 1. The molecule has 0 aliphatic carbocycles. The molecule has 1 aliphatic rings. The third-order valence-electron chi connectivity index (χ3n) is 5.18. The third kappa shape index (κ3) is 3.34. The molecule has 2 aromatic carbocycles. The lowest BCUT2D eigenvalue weighted by Gasteiger charge is -2.26. The number of fused-ring (bicyclic) bond motifs is 2. The van der Waals surface area contributed by atoms with Gasteiger partial charge in [0, 0.05) is 24.8 Å². The molecule has 2 aromatic heterocycles. The van der Waals surface area contributed by atoms with Crippen molar-refractivity contribution in [3.8, 4) is 22.6 Å². The number of ether oxygens (including phenoxy) is 2. The van der Waals surface area contributed by atoms with Crippen molar-refractivity contribution in [3.05, 3.63) is 60.7 Å². The van der Waals surface area contributed by atoms with Crippen molar-refractivity contribution in [3.63, 3.8) is 0 Å². The highest BCUT2D eigenvalue weighted by atomic mass is 16.6. The molecule has 3 heterocycles. The average molecular weight is 389 g/mol. The van der Waals surface area contributed by atoms with Gasteiger partial charge in [0.15, 0.2) is 23.4 Å². The Bertz CT molecular complexity index is 1130. The van der Waals surface area contributed by atoms with Crippen LogP contribution < -0.4 is 9.47 Å². The Balaban J connectivity index is 1.58. The van der Waals surface area contributed by atoms with Crippen LogP contribution in [0.3, 0.4) is 0 Å². The highest BCUT2D eigenvalue weighted by molar-refractivity contribution is 5.82. The van der Waals surface area contributed by atoms with Crippen molar-refractivity contribution in [2.75, 3.05) is 27.2 Å². The van der Waals surface area contributed by atoms with Crippen LogP contribution in [0.15, 0.2) is 54.9 Å². The maximum Gasteiger partial charge on any atom is 0.190 e. The summed E-state index contributed by atoms with van der Waals surface area (Å²) in [6.07, 6.45) is 3.48. The summed E-state index contributed by atoms with van der Waals surface area (Å²) in [5.41, 5.74) is 4.20. The summed E-state index contributed by atoms with van der Waals surface area (Å²) in [6.45, 7) is 2.16. The minimum absolute atomic E-state index is 0.253. The number of H-pyrrole nitrogens is 1. The maximum absolute atomic E-state index is 6.26. The Hall–Kier alpha value is -3.32. The molecule has 4 aromatic rings. The third-order valence-corrected chi connectivity index (χ3v) is 5.18. The molecule has 7 nitrogen and oxygen atoms in total. The van der Waals surface area contributed by atoms with Gasteiger partial charge >= 0.3 is 0 Å². The molecule has 1 N–H and O–H groups in total. The quantitative estimate of drug-likeness (QED) is 0.566. The fourth-order valence-corrected chi connectivity index (χ4v) is 3.66. The van der Waals surface area contributed by atoms with Crippen molar-refractivity contribution in [2.45, 2.75) is 12.6 Å². The van der Waals surface area contributed by atoms with E-state index in [0.717, 1.165) is 52.6 Å². The summed E-state index contributed by atoms with van der Waals surface area (Å²) in [4.78, 5) is 7.10. The zero-order chi connectivity index (χ0) is 19.8. The normalized spacial score (nSPS) is 15.9. The standard InChI is InChI=1S/C22H23N5O2/c1-26(2)9-10-27-18-11-15(16-12-23-24-13-16)7-8-17(18)25-22(27)21-14-28-19-5-3-4-6-20(19)29-21/h3-8,11-13,21H,9-10,14H2,1-2H3,(H,23,24)/t21-/m0/s1. The van der Waals surface area contributed by atoms with E-state index >= 15 is 0 Å². The van der Waals surface area contributed by atoms with Crippen LogP contribution in [0.1, 0.15) is 11.9 Å². The van der Waals surface area contributed by atoms with Gasteiger partial charge in [0.25, 0.3) is 0 Å². The van der Waals surface area contributed by atoms with Crippen molar-refractivity contribution >= 4 is 11.0 Å². The molecular weight excluding hydrogens is 366 g/mol. The summed E-state index contributed by atoms with van der Waals surface area (Å²) in [6, 6.07) is 14.1. The molecule has 1 aliphatic heterocycles. The average Bonchev–Trinajstić information content (AvgIpc) is 3.39. The first-order valence-electron chi connectivity index (χ1n) is 9.71. The Kier molecular flexibility index (Phi) is 4.44. The van der Waals surface area contributed by atoms with Gasteiger partial charge in [0.2, 0.25) is 0 Å². The highest BCUT2D eigenvalue weighted by Gasteiger charge is 2.27. The molecule has 0 radical (unpaired) electrons. The number of likely N-dealkylation sites (N-methyl/N-ethyl adjacent to an activating group) is 1. The summed E-state index contributed by atoms with van der Waals surface area (Å²) in [5.74, 6) is 2.43. The van der Waals surface area contributed by atoms with Crippen LogP contribution in [0, 0.1) is 0 Å². The van der Waals surface area contributed by atoms with Crippen LogP contribution in [-0.2, 0) is 6.54 Å². The molecule has 1 atom stereocenters. The van der Waals surface area contributed by atoms with Gasteiger partial charge in [-0.2, -0.15) is 5.10 Å². The van der Waals surface area contributed by atoms with E-state index in [2.05, 4.69) is 52.0 Å². The predicted octanol–water partition coefficient (Wildman–Crippen LogP) is 3.50. The van der Waals surface area contributed by atoms with E-state index in [0.29, 0.717) is 6.61 Å². The van der Waals surface area contributed by atoms with Crippen LogP contribution in [-0.4, -0.2) is 51.9 Å². The lowest BCUT2D eigenvalue weighted by atomic mass is 10.1. The number of hydrogen-bond donors (Lipinski definition) is 1. The van der Waals surface area contributed by atoms with Gasteiger partial charge in [-0.1, -0.05) is 18.2 Å². The molecule has 7 heteroatoms. The molecule has 0 unspecified atom stereocenters. The van der Waals surface area contributed by atoms with Gasteiger partial charge in [0.05, 0.1) is 17.2 Å². The number of nitrogens with one attached hydrogen (secondary N) is 1. The summed E-state index contributed by atoms with van der Waals surface area (Å²) >= 11 is 0. The molecule has 0 bridgehead atoms. The van der Waals surface area contributed by atoms with E-state index in [9.17, 15) is 0 Å². The molecule has 5 rings (SSSR count). The molecular formula is C22H23N5O2. The zero-order valence-corrected chi connectivity index (χ0v) is 16.5. The summed E-state index contributed by atoms with van der Waals surface area (Å²) in [5, 5.41) is 6.95. The van der Waals surface area contributed by atoms with E-state index in [4.69, 9.17) is 14.5 Å². The van der Waals surface area contributed by atoms with Crippen molar-refractivity contribution < 1.29 is 9.47 Å². The highest BCUT2D eigenvalue weighted by Crippen LogP contribution is 2.36. The minimum Gasteiger partial charge on any atom is -0.485 e. The Morgan fingerprint density at radius 2 is 2.00 bits per heavy atom. The van der Waals surface area contributed by atoms with Gasteiger partial charge in [-0.25, -0.2) is 4.98 Å². The molecule has 0 fully saturated rings. The molecule has 148 valence electrons. The topological polar surface area (TPSA) is 68.2 Å². The van der Waals surface area contributed by atoms with E-state index in [1.807, 2.05) is 36.7 Å². The fourth-order valence-electron chi connectivity index (χ4n) is 3.66. The van der Waals surface area contributed by atoms with Gasteiger partial charge in [-0.15, -0.1) is 0 Å². The Labute approximate surface area is 168 Å². The fraction of sp³-hybridized carbons (Fsp3) is 0.273. The number of rotatable bonds is 5. The molecule has 0 amide bonds. The van der Waals surface area contributed by atoms with Crippen LogP contribution in [0.25, 0.3) is 22.2 Å². The second kappa shape index (κ2) is 7.25. The second-order valence-corrected chi connectivity index (χ2v) is 7.48. The van der Waals surface area contributed by atoms with Crippen LogP contribution in [0.2, 0.25) is 0 Å². The first-order valence-corrected chi connectivity index (χ1v) is 9.71. The minimum atomic E-state index is -0.253. The zero-order valence-electron chi connectivity index (χ0n) is 16.5. The van der Waals surface area contributed by atoms with E-state index in [1.165, 1.54) is 0 Å². The van der Waals surface area contributed by atoms with Crippen LogP contribution in [0.5, 0.6) is 11.5 Å². The van der Waals surface area contributed by atoms with Crippen molar-refractivity contribution in [1.29, 1.82) is 0 Å².